The van der Waals surface area contributed by atoms with Gasteiger partial charge in [-0.2, -0.15) is 0 Å². The number of amides is 1. The number of ether oxygens (including phenoxy) is 2. The molecule has 1 aliphatic heterocycles. The van der Waals surface area contributed by atoms with Crippen LogP contribution in [-0.2, 0) is 25.5 Å². The molecule has 9 nitrogen and oxygen atoms in total. The molecule has 0 saturated carbocycles. The maximum atomic E-state index is 12.5. The third kappa shape index (κ3) is 5.33. The van der Waals surface area contributed by atoms with E-state index in [0.717, 1.165) is 5.56 Å². The molecular weight excluding hydrogens is 404 g/mol. The Hall–Kier alpha value is -4.01. The van der Waals surface area contributed by atoms with E-state index in [4.69, 9.17) is 4.74 Å². The maximum absolute atomic E-state index is 12.5. The molecule has 0 saturated heterocycles. The summed E-state index contributed by atoms with van der Waals surface area (Å²) < 4.78 is 9.66. The molecule has 0 radical (unpaired) electrons. The number of carbonyl (C=O) groups is 3. The van der Waals surface area contributed by atoms with Gasteiger partial charge in [-0.1, -0.05) is 12.1 Å². The first-order valence-corrected chi connectivity index (χ1v) is 9.50. The molecule has 31 heavy (non-hydrogen) atoms. The van der Waals surface area contributed by atoms with Crippen molar-refractivity contribution in [3.63, 3.8) is 0 Å². The van der Waals surface area contributed by atoms with E-state index in [9.17, 15) is 24.5 Å². The Kier molecular flexibility index (Phi) is 6.76. The van der Waals surface area contributed by atoms with Gasteiger partial charge in [0.05, 0.1) is 17.6 Å². The number of rotatable bonds is 6. The molecule has 160 valence electrons. The quantitative estimate of drug-likeness (QED) is 0.303. The number of esters is 2. The Bertz CT molecular complexity index is 1040. The lowest BCUT2D eigenvalue weighted by molar-refractivity contribution is -0.384. The molecule has 2 aromatic carbocycles. The van der Waals surface area contributed by atoms with Crippen molar-refractivity contribution in [2.45, 2.75) is 12.8 Å². The van der Waals surface area contributed by atoms with Gasteiger partial charge in [0, 0.05) is 30.4 Å². The van der Waals surface area contributed by atoms with E-state index >= 15 is 0 Å². The zero-order chi connectivity index (χ0) is 22.4. The lowest BCUT2D eigenvalue weighted by Gasteiger charge is -2.29. The largest absolute Gasteiger partial charge is 0.465 e. The number of carbonyl (C=O) groups excluding carboxylic acids is 3. The molecule has 3 rings (SSSR count). The predicted octanol–water partition coefficient (Wildman–Crippen LogP) is 2.92. The highest BCUT2D eigenvalue weighted by molar-refractivity contribution is 5.97. The fourth-order valence-corrected chi connectivity index (χ4v) is 3.23. The van der Waals surface area contributed by atoms with Crippen LogP contribution in [0.4, 0.5) is 11.4 Å². The van der Waals surface area contributed by atoms with E-state index in [1.54, 1.807) is 30.3 Å². The molecule has 9 heteroatoms. The predicted molar refractivity (Wildman–Crippen MR) is 112 cm³/mol. The van der Waals surface area contributed by atoms with Crippen molar-refractivity contribution in [1.29, 1.82) is 0 Å². The van der Waals surface area contributed by atoms with Gasteiger partial charge in [-0.3, -0.25) is 14.9 Å². The van der Waals surface area contributed by atoms with Crippen molar-refractivity contribution in [1.82, 2.24) is 0 Å². The average Bonchev–Trinajstić information content (AvgIpc) is 2.80. The summed E-state index contributed by atoms with van der Waals surface area (Å²) >= 11 is 0. The molecule has 1 aliphatic rings. The Morgan fingerprint density at radius 2 is 1.90 bits per heavy atom. The van der Waals surface area contributed by atoms with Crippen molar-refractivity contribution >= 4 is 35.3 Å². The van der Waals surface area contributed by atoms with Gasteiger partial charge in [-0.05, 0) is 48.2 Å². The minimum atomic E-state index is -0.689. The fraction of sp³-hybridized carbons (Fsp3) is 0.227. The third-order valence-corrected chi connectivity index (χ3v) is 4.78. The van der Waals surface area contributed by atoms with Crippen LogP contribution in [0.25, 0.3) is 6.08 Å². The highest BCUT2D eigenvalue weighted by Crippen LogP contribution is 2.30. The summed E-state index contributed by atoms with van der Waals surface area (Å²) in [5.41, 5.74) is 2.35. The second kappa shape index (κ2) is 9.66. The summed E-state index contributed by atoms with van der Waals surface area (Å²) in [6.07, 6.45) is 3.99. The Morgan fingerprint density at radius 1 is 1.16 bits per heavy atom. The summed E-state index contributed by atoms with van der Waals surface area (Å²) in [5.74, 6) is -1.55. The summed E-state index contributed by atoms with van der Waals surface area (Å²) in [6, 6.07) is 10.8. The smallest absolute Gasteiger partial charge is 0.337 e. The second-order valence-corrected chi connectivity index (χ2v) is 6.77. The summed E-state index contributed by atoms with van der Waals surface area (Å²) in [7, 11) is 1.29. The van der Waals surface area contributed by atoms with Crippen molar-refractivity contribution in [3.8, 4) is 0 Å². The van der Waals surface area contributed by atoms with E-state index in [2.05, 4.69) is 4.74 Å². The van der Waals surface area contributed by atoms with Crippen molar-refractivity contribution < 1.29 is 28.8 Å². The molecule has 0 aromatic heterocycles. The number of hydrogen-bond donors (Lipinski definition) is 0. The molecule has 0 fully saturated rings. The normalized spacial score (nSPS) is 12.9. The maximum Gasteiger partial charge on any atom is 0.337 e. The summed E-state index contributed by atoms with van der Waals surface area (Å²) in [5, 5.41) is 10.9. The van der Waals surface area contributed by atoms with Crippen molar-refractivity contribution in [3.05, 3.63) is 75.3 Å². The zero-order valence-corrected chi connectivity index (χ0v) is 16.8. The third-order valence-electron chi connectivity index (χ3n) is 4.78. The van der Waals surface area contributed by atoms with Crippen molar-refractivity contribution in [2.24, 2.45) is 0 Å². The minimum absolute atomic E-state index is 0.0239. The highest BCUT2D eigenvalue weighted by atomic mass is 16.6. The van der Waals surface area contributed by atoms with E-state index < -0.39 is 29.4 Å². The summed E-state index contributed by atoms with van der Waals surface area (Å²) in [6.45, 7) is 0.00442. The minimum Gasteiger partial charge on any atom is -0.465 e. The Labute approximate surface area is 178 Å². The first-order valence-electron chi connectivity index (χ1n) is 9.50. The molecular formula is C22H20N2O7. The molecule has 0 spiro atoms. The Balaban J connectivity index is 1.57. The number of nitro groups is 1. The second-order valence-electron chi connectivity index (χ2n) is 6.77. The van der Waals surface area contributed by atoms with Crippen LogP contribution in [-0.4, -0.2) is 43.0 Å². The molecule has 1 amide bonds. The van der Waals surface area contributed by atoms with Crippen molar-refractivity contribution in [2.75, 3.05) is 25.2 Å². The topological polar surface area (TPSA) is 116 Å². The molecule has 1 heterocycles. The van der Waals surface area contributed by atoms with E-state index in [1.807, 2.05) is 0 Å². The standard InChI is InChI=1S/C22H20N2O7/c1-30-22(27)16-7-4-15(5-8-16)6-11-21(26)31-14-20(25)23-12-2-3-17-13-18(24(28)29)9-10-19(17)23/h4-11,13H,2-3,12,14H2,1H3/b11-6+. The van der Waals surface area contributed by atoms with Gasteiger partial charge in [0.15, 0.2) is 6.61 Å². The van der Waals surface area contributed by atoms with Crippen LogP contribution in [0.2, 0.25) is 0 Å². The molecule has 0 N–H and O–H groups in total. The van der Waals surface area contributed by atoms with E-state index in [0.29, 0.717) is 36.2 Å². The SMILES string of the molecule is COC(=O)c1ccc(/C=C/C(=O)OCC(=O)N2CCCc3cc([N+](=O)[O-])ccc32)cc1. The molecule has 2 aromatic rings. The van der Waals surface area contributed by atoms with Crippen LogP contribution in [0.3, 0.4) is 0 Å². The number of fused-ring (bicyclic) bond motifs is 1. The molecule has 0 atom stereocenters. The van der Waals surface area contributed by atoms with Gasteiger partial charge < -0.3 is 14.4 Å². The van der Waals surface area contributed by atoms with Gasteiger partial charge >= 0.3 is 11.9 Å². The first kappa shape index (κ1) is 21.7. The Morgan fingerprint density at radius 3 is 2.58 bits per heavy atom. The van der Waals surface area contributed by atoms with Crippen LogP contribution in [0.1, 0.15) is 27.9 Å². The van der Waals surface area contributed by atoms with Gasteiger partial charge in [-0.25, -0.2) is 9.59 Å². The number of non-ortho nitro benzene ring substituents is 1. The van der Waals surface area contributed by atoms with E-state index in [-0.39, 0.29) is 5.69 Å². The number of benzene rings is 2. The van der Waals surface area contributed by atoms with Gasteiger partial charge in [0.2, 0.25) is 0 Å². The van der Waals surface area contributed by atoms with E-state index in [1.165, 1.54) is 36.3 Å². The zero-order valence-electron chi connectivity index (χ0n) is 16.8. The average molecular weight is 424 g/mol. The van der Waals surface area contributed by atoms with Crippen LogP contribution in [0.5, 0.6) is 0 Å². The van der Waals surface area contributed by atoms with Crippen LogP contribution < -0.4 is 4.90 Å². The lowest BCUT2D eigenvalue weighted by atomic mass is 10.0. The van der Waals surface area contributed by atoms with Crippen LogP contribution in [0.15, 0.2) is 48.5 Å². The number of hydrogen-bond acceptors (Lipinski definition) is 7. The van der Waals surface area contributed by atoms with Gasteiger partial charge in [0.25, 0.3) is 11.6 Å². The molecule has 0 bridgehead atoms. The summed E-state index contributed by atoms with van der Waals surface area (Å²) in [4.78, 5) is 47.9. The first-order chi connectivity index (χ1) is 14.9. The lowest BCUT2D eigenvalue weighted by Crippen LogP contribution is -2.38. The monoisotopic (exact) mass is 424 g/mol. The number of aryl methyl sites for hydroxylation is 1. The number of nitrogens with zero attached hydrogens (tertiary/aromatic N) is 2. The number of nitro benzene ring substituents is 1. The number of methoxy groups -OCH3 is 1. The van der Waals surface area contributed by atoms with Gasteiger partial charge in [0.1, 0.15) is 0 Å². The van der Waals surface area contributed by atoms with Crippen LogP contribution in [0, 0.1) is 10.1 Å². The molecule has 0 aliphatic carbocycles. The molecule has 0 unspecified atom stereocenters. The van der Waals surface area contributed by atoms with Gasteiger partial charge in [-0.15, -0.1) is 0 Å². The fourth-order valence-electron chi connectivity index (χ4n) is 3.23. The highest BCUT2D eigenvalue weighted by Gasteiger charge is 2.24. The van der Waals surface area contributed by atoms with Crippen LogP contribution >= 0.6 is 0 Å². The number of anilines is 1.